The van der Waals surface area contributed by atoms with Crippen LogP contribution in [0.1, 0.15) is 58.3 Å². The van der Waals surface area contributed by atoms with Gasteiger partial charge in [-0.05, 0) is 6.42 Å². The molecule has 0 fully saturated rings. The average Bonchev–Trinajstić information content (AvgIpc) is 2.25. The fraction of sp³-hybridized carbons (Fsp3) is 0.917. The molecule has 0 bridgehead atoms. The lowest BCUT2D eigenvalue weighted by Crippen LogP contribution is -2.02. The van der Waals surface area contributed by atoms with Crippen LogP contribution in [0.25, 0.3) is 0 Å². The third-order valence-electron chi connectivity index (χ3n) is 2.79. The number of hydrogen-bond donors (Lipinski definition) is 2. The molecule has 0 aliphatic heterocycles. The highest BCUT2D eigenvalue weighted by molar-refractivity contribution is 7.58. The van der Waals surface area contributed by atoms with Gasteiger partial charge < -0.3 is 10.00 Å². The van der Waals surface area contributed by atoms with Gasteiger partial charge in [0.25, 0.3) is 0 Å². The Labute approximate surface area is 104 Å². The minimum Gasteiger partial charge on any atom is -0.481 e. The van der Waals surface area contributed by atoms with Crippen LogP contribution in [0.3, 0.4) is 0 Å². The predicted octanol–water partition coefficient (Wildman–Crippen LogP) is 3.48. The SMILES string of the molecule is CCCCCCCCCP(=O)(O)CCC(=O)O. The Morgan fingerprint density at radius 3 is 2.06 bits per heavy atom. The summed E-state index contributed by atoms with van der Waals surface area (Å²) in [6.45, 7) is 2.17. The molecular formula is C12H25O4P. The Morgan fingerprint density at radius 2 is 1.53 bits per heavy atom. The van der Waals surface area contributed by atoms with Gasteiger partial charge in [0.2, 0.25) is 7.37 Å². The zero-order valence-corrected chi connectivity index (χ0v) is 11.6. The highest BCUT2D eigenvalue weighted by atomic mass is 31.2. The Morgan fingerprint density at radius 1 is 1.00 bits per heavy atom. The second kappa shape index (κ2) is 9.67. The molecular weight excluding hydrogens is 239 g/mol. The molecule has 2 N–H and O–H groups in total. The Bertz CT molecular complexity index is 253. The van der Waals surface area contributed by atoms with Gasteiger partial charge in [0.05, 0.1) is 6.42 Å². The fourth-order valence-corrected chi connectivity index (χ4v) is 3.18. The molecule has 0 saturated heterocycles. The van der Waals surface area contributed by atoms with Crippen LogP contribution in [0.5, 0.6) is 0 Å². The molecule has 0 rings (SSSR count). The summed E-state index contributed by atoms with van der Waals surface area (Å²) in [6.07, 6.45) is 7.72. The van der Waals surface area contributed by atoms with E-state index in [0.29, 0.717) is 0 Å². The summed E-state index contributed by atoms with van der Waals surface area (Å²) in [4.78, 5) is 19.8. The molecule has 1 unspecified atom stereocenters. The molecule has 0 saturated carbocycles. The number of hydrogen-bond acceptors (Lipinski definition) is 2. The largest absolute Gasteiger partial charge is 0.481 e. The summed E-state index contributed by atoms with van der Waals surface area (Å²) >= 11 is 0. The van der Waals surface area contributed by atoms with Crippen molar-refractivity contribution < 1.29 is 19.4 Å². The molecule has 0 amide bonds. The van der Waals surface area contributed by atoms with Crippen LogP contribution in [-0.2, 0) is 9.36 Å². The lowest BCUT2D eigenvalue weighted by Gasteiger charge is -2.09. The van der Waals surface area contributed by atoms with Gasteiger partial charge in [-0.25, -0.2) is 0 Å². The van der Waals surface area contributed by atoms with E-state index in [1.807, 2.05) is 0 Å². The van der Waals surface area contributed by atoms with Crippen molar-refractivity contribution in [2.24, 2.45) is 0 Å². The molecule has 1 atom stereocenters. The number of carbonyl (C=O) groups is 1. The average molecular weight is 264 g/mol. The maximum absolute atomic E-state index is 11.5. The van der Waals surface area contributed by atoms with Crippen LogP contribution in [0.4, 0.5) is 0 Å². The number of aliphatic carboxylic acids is 1. The zero-order valence-electron chi connectivity index (χ0n) is 10.7. The third kappa shape index (κ3) is 11.9. The molecule has 0 radical (unpaired) electrons. The van der Waals surface area contributed by atoms with Crippen molar-refractivity contribution >= 4 is 13.3 Å². The number of unbranched alkanes of at least 4 members (excludes halogenated alkanes) is 6. The van der Waals surface area contributed by atoms with E-state index < -0.39 is 13.3 Å². The van der Waals surface area contributed by atoms with E-state index in [1.165, 1.54) is 25.7 Å². The van der Waals surface area contributed by atoms with Gasteiger partial charge in [-0.2, -0.15) is 0 Å². The van der Waals surface area contributed by atoms with Crippen molar-refractivity contribution in [3.63, 3.8) is 0 Å². The van der Waals surface area contributed by atoms with E-state index in [9.17, 15) is 14.3 Å². The molecule has 102 valence electrons. The molecule has 0 aromatic carbocycles. The van der Waals surface area contributed by atoms with Gasteiger partial charge in [0.1, 0.15) is 0 Å². The van der Waals surface area contributed by atoms with Gasteiger partial charge >= 0.3 is 5.97 Å². The first-order valence-corrected chi connectivity index (χ1v) is 8.53. The number of carboxylic acid groups (broad SMARTS) is 1. The molecule has 5 heteroatoms. The summed E-state index contributed by atoms with van der Waals surface area (Å²) in [6, 6.07) is 0. The van der Waals surface area contributed by atoms with Crippen LogP contribution in [-0.4, -0.2) is 28.3 Å². The van der Waals surface area contributed by atoms with Crippen LogP contribution in [0.15, 0.2) is 0 Å². The topological polar surface area (TPSA) is 74.6 Å². The molecule has 4 nitrogen and oxygen atoms in total. The van der Waals surface area contributed by atoms with Crippen LogP contribution < -0.4 is 0 Å². The van der Waals surface area contributed by atoms with E-state index in [-0.39, 0.29) is 18.7 Å². The third-order valence-corrected chi connectivity index (χ3v) is 4.72. The van der Waals surface area contributed by atoms with E-state index in [1.54, 1.807) is 0 Å². The van der Waals surface area contributed by atoms with Crippen molar-refractivity contribution in [3.05, 3.63) is 0 Å². The first kappa shape index (κ1) is 16.7. The molecule has 0 aliphatic carbocycles. The molecule has 0 aromatic rings. The van der Waals surface area contributed by atoms with Crippen LogP contribution in [0.2, 0.25) is 0 Å². The maximum atomic E-state index is 11.5. The van der Waals surface area contributed by atoms with Crippen LogP contribution >= 0.6 is 7.37 Å². The summed E-state index contributed by atoms with van der Waals surface area (Å²) in [5.74, 6) is -1.00. The van der Waals surface area contributed by atoms with Gasteiger partial charge in [-0.1, -0.05) is 45.4 Å². The van der Waals surface area contributed by atoms with Gasteiger partial charge in [-0.3, -0.25) is 9.36 Å². The molecule has 0 aromatic heterocycles. The molecule has 17 heavy (non-hydrogen) atoms. The van der Waals surface area contributed by atoms with E-state index in [4.69, 9.17) is 5.11 Å². The highest BCUT2D eigenvalue weighted by Gasteiger charge is 2.18. The summed E-state index contributed by atoms with van der Waals surface area (Å²) in [5.41, 5.74) is 0. The van der Waals surface area contributed by atoms with Crippen molar-refractivity contribution in [2.45, 2.75) is 58.3 Å². The zero-order chi connectivity index (χ0) is 13.1. The normalized spacial score (nSPS) is 14.5. The van der Waals surface area contributed by atoms with Gasteiger partial charge in [-0.15, -0.1) is 0 Å². The predicted molar refractivity (Wildman–Crippen MR) is 69.8 cm³/mol. The lowest BCUT2D eigenvalue weighted by atomic mass is 10.1. The quantitative estimate of drug-likeness (QED) is 0.442. The Balaban J connectivity index is 3.45. The number of carboxylic acids is 1. The maximum Gasteiger partial charge on any atom is 0.303 e. The summed E-state index contributed by atoms with van der Waals surface area (Å²) < 4.78 is 11.5. The minimum atomic E-state index is -3.19. The first-order valence-electron chi connectivity index (χ1n) is 6.50. The minimum absolute atomic E-state index is 0.0852. The van der Waals surface area contributed by atoms with Crippen molar-refractivity contribution in [3.8, 4) is 0 Å². The summed E-state index contributed by atoms with van der Waals surface area (Å²) in [5, 5.41) is 8.44. The highest BCUT2D eigenvalue weighted by Crippen LogP contribution is 2.42. The Hall–Kier alpha value is -0.340. The first-order chi connectivity index (χ1) is 7.98. The van der Waals surface area contributed by atoms with Crippen molar-refractivity contribution in [2.75, 3.05) is 12.3 Å². The van der Waals surface area contributed by atoms with Gasteiger partial charge in [0.15, 0.2) is 0 Å². The van der Waals surface area contributed by atoms with Crippen molar-refractivity contribution in [1.29, 1.82) is 0 Å². The van der Waals surface area contributed by atoms with Gasteiger partial charge in [0, 0.05) is 12.3 Å². The molecule has 0 heterocycles. The molecule has 0 spiro atoms. The fourth-order valence-electron chi connectivity index (χ4n) is 1.70. The second-order valence-corrected chi connectivity index (χ2v) is 7.15. The smallest absolute Gasteiger partial charge is 0.303 e. The van der Waals surface area contributed by atoms with E-state index >= 15 is 0 Å². The number of rotatable bonds is 11. The second-order valence-electron chi connectivity index (χ2n) is 4.56. The van der Waals surface area contributed by atoms with E-state index in [2.05, 4.69) is 6.92 Å². The Kier molecular flexibility index (Phi) is 9.47. The monoisotopic (exact) mass is 264 g/mol. The van der Waals surface area contributed by atoms with Crippen molar-refractivity contribution in [1.82, 2.24) is 0 Å². The molecule has 0 aliphatic rings. The summed E-state index contributed by atoms with van der Waals surface area (Å²) in [7, 11) is -3.19. The van der Waals surface area contributed by atoms with Crippen LogP contribution in [0, 0.1) is 0 Å². The standard InChI is InChI=1S/C12H25O4P/c1-2-3-4-5-6-7-8-10-17(15,16)11-9-12(13)14/h2-11H2,1H3,(H,13,14)(H,15,16). The lowest BCUT2D eigenvalue weighted by molar-refractivity contribution is -0.136. The van der Waals surface area contributed by atoms with E-state index in [0.717, 1.165) is 19.3 Å².